The number of rotatable bonds is 6. The van der Waals surface area contributed by atoms with Crippen LogP contribution in [0.15, 0.2) is 48.5 Å². The molecule has 2 aromatic rings. The zero-order valence-corrected chi connectivity index (χ0v) is 12.7. The van der Waals surface area contributed by atoms with Crippen LogP contribution in [0.5, 0.6) is 5.75 Å². The van der Waals surface area contributed by atoms with Gasteiger partial charge in [-0.1, -0.05) is 0 Å². The minimum Gasteiger partial charge on any atom is -0.479 e. The summed E-state index contributed by atoms with van der Waals surface area (Å²) in [6, 6.07) is 8.80. The van der Waals surface area contributed by atoms with Crippen LogP contribution in [0, 0.1) is 11.6 Å². The SMILES string of the molecule is CC(Oc1ccc(C(=O)/C=C/c2cc(F)ccc2F)cc1)C(=O)O. The van der Waals surface area contributed by atoms with E-state index < -0.39 is 29.5 Å². The van der Waals surface area contributed by atoms with Gasteiger partial charge in [0, 0.05) is 11.1 Å². The van der Waals surface area contributed by atoms with Crippen LogP contribution in [0.2, 0.25) is 0 Å². The third kappa shape index (κ3) is 4.49. The first-order chi connectivity index (χ1) is 11.4. The van der Waals surface area contributed by atoms with Crippen molar-refractivity contribution in [2.75, 3.05) is 0 Å². The molecule has 0 radical (unpaired) electrons. The summed E-state index contributed by atoms with van der Waals surface area (Å²) in [5.74, 6) is -2.43. The first kappa shape index (κ1) is 17.3. The van der Waals surface area contributed by atoms with Gasteiger partial charge < -0.3 is 9.84 Å². The number of benzene rings is 2. The van der Waals surface area contributed by atoms with E-state index in [9.17, 15) is 18.4 Å². The quantitative estimate of drug-likeness (QED) is 0.647. The summed E-state index contributed by atoms with van der Waals surface area (Å²) in [5.41, 5.74) is 0.275. The highest BCUT2D eigenvalue weighted by molar-refractivity contribution is 6.06. The Balaban J connectivity index is 2.08. The molecule has 0 aliphatic carbocycles. The number of ketones is 1. The Morgan fingerprint density at radius 1 is 1.12 bits per heavy atom. The Labute approximate surface area is 137 Å². The monoisotopic (exact) mass is 332 g/mol. The molecule has 0 bridgehead atoms. The lowest BCUT2D eigenvalue weighted by Gasteiger charge is -2.10. The van der Waals surface area contributed by atoms with Gasteiger partial charge >= 0.3 is 5.97 Å². The van der Waals surface area contributed by atoms with E-state index in [1.165, 1.54) is 37.3 Å². The number of carboxylic acid groups (broad SMARTS) is 1. The highest BCUT2D eigenvalue weighted by Crippen LogP contribution is 2.16. The molecule has 1 unspecified atom stereocenters. The van der Waals surface area contributed by atoms with Gasteiger partial charge in [0.1, 0.15) is 17.4 Å². The zero-order chi connectivity index (χ0) is 17.7. The van der Waals surface area contributed by atoms with E-state index in [0.29, 0.717) is 11.3 Å². The van der Waals surface area contributed by atoms with Crippen LogP contribution in [0.4, 0.5) is 8.78 Å². The van der Waals surface area contributed by atoms with Crippen LogP contribution in [0.3, 0.4) is 0 Å². The summed E-state index contributed by atoms with van der Waals surface area (Å²) in [6.45, 7) is 1.39. The summed E-state index contributed by atoms with van der Waals surface area (Å²) < 4.78 is 31.7. The minimum atomic E-state index is -1.10. The van der Waals surface area contributed by atoms with E-state index in [1.807, 2.05) is 0 Å². The first-order valence-electron chi connectivity index (χ1n) is 7.04. The fourth-order valence-electron chi connectivity index (χ4n) is 1.86. The van der Waals surface area contributed by atoms with Crippen LogP contribution in [-0.4, -0.2) is 23.0 Å². The molecule has 1 atom stereocenters. The lowest BCUT2D eigenvalue weighted by Crippen LogP contribution is -2.22. The topological polar surface area (TPSA) is 63.6 Å². The van der Waals surface area contributed by atoms with E-state index >= 15 is 0 Å². The van der Waals surface area contributed by atoms with Crippen LogP contribution < -0.4 is 4.74 Å². The van der Waals surface area contributed by atoms with Crippen molar-refractivity contribution < 1.29 is 28.2 Å². The van der Waals surface area contributed by atoms with Gasteiger partial charge in [0.05, 0.1) is 0 Å². The molecule has 0 amide bonds. The van der Waals surface area contributed by atoms with Crippen molar-refractivity contribution in [3.8, 4) is 5.75 Å². The summed E-state index contributed by atoms with van der Waals surface area (Å²) in [4.78, 5) is 22.7. The molecule has 124 valence electrons. The number of allylic oxidation sites excluding steroid dienone is 1. The fourth-order valence-corrected chi connectivity index (χ4v) is 1.86. The molecule has 2 rings (SSSR count). The molecule has 6 heteroatoms. The van der Waals surface area contributed by atoms with Crippen LogP contribution in [-0.2, 0) is 4.79 Å². The average Bonchev–Trinajstić information content (AvgIpc) is 2.56. The predicted molar refractivity (Wildman–Crippen MR) is 83.9 cm³/mol. The molecule has 0 aliphatic rings. The van der Waals surface area contributed by atoms with Crippen molar-refractivity contribution in [1.29, 1.82) is 0 Å². The Morgan fingerprint density at radius 3 is 2.42 bits per heavy atom. The maximum absolute atomic E-state index is 13.5. The van der Waals surface area contributed by atoms with Crippen molar-refractivity contribution in [3.05, 3.63) is 71.3 Å². The molecule has 0 aliphatic heterocycles. The van der Waals surface area contributed by atoms with Gasteiger partial charge in [0.15, 0.2) is 11.9 Å². The lowest BCUT2D eigenvalue weighted by molar-refractivity contribution is -0.144. The van der Waals surface area contributed by atoms with E-state index in [1.54, 1.807) is 0 Å². The third-order valence-corrected chi connectivity index (χ3v) is 3.17. The van der Waals surface area contributed by atoms with Gasteiger partial charge in [-0.05, 0) is 61.5 Å². The third-order valence-electron chi connectivity index (χ3n) is 3.17. The van der Waals surface area contributed by atoms with Gasteiger partial charge in [-0.2, -0.15) is 0 Å². The highest BCUT2D eigenvalue weighted by atomic mass is 19.1. The van der Waals surface area contributed by atoms with Crippen molar-refractivity contribution in [2.24, 2.45) is 0 Å². The summed E-state index contributed by atoms with van der Waals surface area (Å²) in [7, 11) is 0. The average molecular weight is 332 g/mol. The Bertz CT molecular complexity index is 782. The smallest absolute Gasteiger partial charge is 0.344 e. The van der Waals surface area contributed by atoms with E-state index in [-0.39, 0.29) is 5.56 Å². The number of carbonyl (C=O) groups is 2. The molecule has 2 aromatic carbocycles. The van der Waals surface area contributed by atoms with E-state index in [4.69, 9.17) is 9.84 Å². The fraction of sp³-hybridized carbons (Fsp3) is 0.111. The number of carboxylic acids is 1. The summed E-state index contributed by atoms with van der Waals surface area (Å²) >= 11 is 0. The number of aliphatic carboxylic acids is 1. The molecule has 4 nitrogen and oxygen atoms in total. The molecule has 24 heavy (non-hydrogen) atoms. The number of hydrogen-bond donors (Lipinski definition) is 1. The summed E-state index contributed by atoms with van der Waals surface area (Å²) in [5, 5.41) is 8.76. The molecule has 0 fully saturated rings. The summed E-state index contributed by atoms with van der Waals surface area (Å²) in [6.07, 6.45) is 1.31. The van der Waals surface area contributed by atoms with Crippen LogP contribution >= 0.6 is 0 Å². The maximum atomic E-state index is 13.5. The second-order valence-electron chi connectivity index (χ2n) is 4.99. The second kappa shape index (κ2) is 7.50. The molecular formula is C18H14F2O4. The van der Waals surface area contributed by atoms with Crippen molar-refractivity contribution in [1.82, 2.24) is 0 Å². The van der Waals surface area contributed by atoms with E-state index in [0.717, 1.165) is 24.3 Å². The molecular weight excluding hydrogens is 318 g/mol. The number of ether oxygens (including phenoxy) is 1. The highest BCUT2D eigenvalue weighted by Gasteiger charge is 2.12. The van der Waals surface area contributed by atoms with Gasteiger partial charge in [0.2, 0.25) is 0 Å². The molecule has 0 spiro atoms. The number of halogens is 2. The first-order valence-corrected chi connectivity index (χ1v) is 7.04. The normalized spacial score (nSPS) is 12.1. The Hall–Kier alpha value is -3.02. The van der Waals surface area contributed by atoms with Gasteiger partial charge in [-0.15, -0.1) is 0 Å². The maximum Gasteiger partial charge on any atom is 0.344 e. The molecule has 0 saturated heterocycles. The van der Waals surface area contributed by atoms with Crippen molar-refractivity contribution in [3.63, 3.8) is 0 Å². The zero-order valence-electron chi connectivity index (χ0n) is 12.7. The Morgan fingerprint density at radius 2 is 1.79 bits per heavy atom. The number of hydrogen-bond acceptors (Lipinski definition) is 3. The minimum absolute atomic E-state index is 0.0291. The predicted octanol–water partition coefficient (Wildman–Crippen LogP) is 3.71. The van der Waals surface area contributed by atoms with Gasteiger partial charge in [-0.3, -0.25) is 4.79 Å². The molecule has 0 saturated carbocycles. The van der Waals surface area contributed by atoms with Gasteiger partial charge in [-0.25, -0.2) is 13.6 Å². The second-order valence-corrected chi connectivity index (χ2v) is 4.99. The molecule has 1 N–H and O–H groups in total. The van der Waals surface area contributed by atoms with Crippen molar-refractivity contribution in [2.45, 2.75) is 13.0 Å². The molecule has 0 aromatic heterocycles. The van der Waals surface area contributed by atoms with Crippen LogP contribution in [0.1, 0.15) is 22.8 Å². The lowest BCUT2D eigenvalue weighted by atomic mass is 10.1. The van der Waals surface area contributed by atoms with Crippen LogP contribution in [0.25, 0.3) is 6.08 Å². The Kier molecular flexibility index (Phi) is 5.42. The number of carbonyl (C=O) groups excluding carboxylic acids is 1. The standard InChI is InChI=1S/C18H14F2O4/c1-11(18(22)23)24-15-6-2-12(3-7-15)17(21)9-4-13-10-14(19)5-8-16(13)20/h2-11H,1H3,(H,22,23)/b9-4+. The molecule has 0 heterocycles. The van der Waals surface area contributed by atoms with Crippen molar-refractivity contribution >= 4 is 17.8 Å². The largest absolute Gasteiger partial charge is 0.479 e. The van der Waals surface area contributed by atoms with E-state index in [2.05, 4.69) is 0 Å². The van der Waals surface area contributed by atoms with Gasteiger partial charge in [0.25, 0.3) is 0 Å².